The average molecular weight is 442 g/mol. The summed E-state index contributed by atoms with van der Waals surface area (Å²) in [5, 5.41) is 5.58. The van der Waals surface area contributed by atoms with Crippen molar-refractivity contribution in [2.24, 2.45) is 0 Å². The van der Waals surface area contributed by atoms with Crippen LogP contribution in [0.4, 0.5) is 5.69 Å². The Hall–Kier alpha value is -3.55. The van der Waals surface area contributed by atoms with Crippen LogP contribution in [0, 0.1) is 0 Å². The molecule has 0 saturated carbocycles. The van der Waals surface area contributed by atoms with Crippen molar-refractivity contribution in [3.63, 3.8) is 0 Å². The number of nitrogens with one attached hydrogen (secondary N) is 2. The molecule has 0 aliphatic carbocycles. The minimum absolute atomic E-state index is 0.0410. The van der Waals surface area contributed by atoms with Crippen molar-refractivity contribution < 1.29 is 23.9 Å². The first-order valence-electron chi connectivity index (χ1n) is 10.7. The van der Waals surface area contributed by atoms with E-state index in [4.69, 9.17) is 9.47 Å². The first-order valence-corrected chi connectivity index (χ1v) is 10.7. The van der Waals surface area contributed by atoms with Crippen LogP contribution in [0.3, 0.4) is 0 Å². The molecule has 8 nitrogen and oxygen atoms in total. The van der Waals surface area contributed by atoms with E-state index in [1.807, 2.05) is 19.9 Å². The Bertz CT molecular complexity index is 916. The highest BCUT2D eigenvalue weighted by Gasteiger charge is 2.16. The van der Waals surface area contributed by atoms with Crippen molar-refractivity contribution in [2.75, 3.05) is 38.7 Å². The highest BCUT2D eigenvalue weighted by atomic mass is 16.5. The third kappa shape index (κ3) is 7.61. The SMILES string of the molecule is CCOc1ccccc1C(=O)NCCCC(=O)N(CC)CC(=O)Nc1cccc(OC)c1. The molecule has 0 bridgehead atoms. The number of rotatable bonds is 12. The molecule has 0 unspecified atom stereocenters. The molecule has 2 aromatic carbocycles. The van der Waals surface area contributed by atoms with Gasteiger partial charge in [-0.25, -0.2) is 0 Å². The quantitative estimate of drug-likeness (QED) is 0.494. The Kier molecular flexibility index (Phi) is 10.0. The molecule has 0 fully saturated rings. The van der Waals surface area contributed by atoms with Gasteiger partial charge in [-0.05, 0) is 44.5 Å². The zero-order chi connectivity index (χ0) is 23.3. The first-order chi connectivity index (χ1) is 15.5. The van der Waals surface area contributed by atoms with Crippen LogP contribution < -0.4 is 20.1 Å². The molecule has 172 valence electrons. The van der Waals surface area contributed by atoms with Gasteiger partial charge in [0.05, 0.1) is 25.8 Å². The minimum atomic E-state index is -0.283. The molecule has 32 heavy (non-hydrogen) atoms. The molecule has 0 spiro atoms. The van der Waals surface area contributed by atoms with Crippen LogP contribution in [-0.2, 0) is 9.59 Å². The second-order valence-corrected chi connectivity index (χ2v) is 6.98. The van der Waals surface area contributed by atoms with E-state index in [2.05, 4.69) is 10.6 Å². The van der Waals surface area contributed by atoms with Gasteiger partial charge in [-0.15, -0.1) is 0 Å². The zero-order valence-electron chi connectivity index (χ0n) is 18.8. The fraction of sp³-hybridized carbons (Fsp3) is 0.375. The second-order valence-electron chi connectivity index (χ2n) is 6.98. The monoisotopic (exact) mass is 441 g/mol. The number of anilines is 1. The van der Waals surface area contributed by atoms with Crippen molar-refractivity contribution in [3.05, 3.63) is 54.1 Å². The maximum Gasteiger partial charge on any atom is 0.255 e. The Balaban J connectivity index is 1.78. The van der Waals surface area contributed by atoms with Crippen LogP contribution in [0.5, 0.6) is 11.5 Å². The summed E-state index contributed by atoms with van der Waals surface area (Å²) in [7, 11) is 1.55. The summed E-state index contributed by atoms with van der Waals surface area (Å²) in [5.74, 6) is 0.498. The van der Waals surface area contributed by atoms with Gasteiger partial charge in [0.15, 0.2) is 0 Å². The van der Waals surface area contributed by atoms with Gasteiger partial charge in [0, 0.05) is 31.3 Å². The van der Waals surface area contributed by atoms with Crippen molar-refractivity contribution in [1.82, 2.24) is 10.2 Å². The van der Waals surface area contributed by atoms with E-state index in [1.54, 1.807) is 49.6 Å². The average Bonchev–Trinajstić information content (AvgIpc) is 2.80. The van der Waals surface area contributed by atoms with Crippen molar-refractivity contribution in [1.29, 1.82) is 0 Å². The number of hydrogen-bond acceptors (Lipinski definition) is 5. The Morgan fingerprint density at radius 3 is 2.53 bits per heavy atom. The number of carbonyl (C=O) groups excluding carboxylic acids is 3. The van der Waals surface area contributed by atoms with Gasteiger partial charge in [0.2, 0.25) is 11.8 Å². The van der Waals surface area contributed by atoms with E-state index in [9.17, 15) is 14.4 Å². The van der Waals surface area contributed by atoms with Gasteiger partial charge in [-0.1, -0.05) is 18.2 Å². The molecule has 0 saturated heterocycles. The van der Waals surface area contributed by atoms with Gasteiger partial charge in [-0.3, -0.25) is 14.4 Å². The Morgan fingerprint density at radius 1 is 1.03 bits per heavy atom. The third-order valence-electron chi connectivity index (χ3n) is 4.71. The van der Waals surface area contributed by atoms with Crippen LogP contribution in [0.25, 0.3) is 0 Å². The van der Waals surface area contributed by atoms with E-state index < -0.39 is 0 Å². The number of methoxy groups -OCH3 is 1. The van der Waals surface area contributed by atoms with Crippen LogP contribution in [0.15, 0.2) is 48.5 Å². The Labute approximate surface area is 188 Å². The minimum Gasteiger partial charge on any atom is -0.497 e. The lowest BCUT2D eigenvalue weighted by Crippen LogP contribution is -2.38. The van der Waals surface area contributed by atoms with Crippen LogP contribution >= 0.6 is 0 Å². The predicted molar refractivity (Wildman–Crippen MR) is 123 cm³/mol. The molecule has 0 aliphatic rings. The van der Waals surface area contributed by atoms with Crippen molar-refractivity contribution >= 4 is 23.4 Å². The third-order valence-corrected chi connectivity index (χ3v) is 4.71. The summed E-state index contributed by atoms with van der Waals surface area (Å²) in [6.45, 7) is 4.87. The van der Waals surface area contributed by atoms with Gasteiger partial charge in [0.1, 0.15) is 11.5 Å². The smallest absolute Gasteiger partial charge is 0.255 e. The number of nitrogens with zero attached hydrogens (tertiary/aromatic N) is 1. The molecular weight excluding hydrogens is 410 g/mol. The van der Waals surface area contributed by atoms with Gasteiger partial charge >= 0.3 is 0 Å². The largest absolute Gasteiger partial charge is 0.497 e. The van der Waals surface area contributed by atoms with Crippen LogP contribution in [0.1, 0.15) is 37.0 Å². The highest BCUT2D eigenvalue weighted by Crippen LogP contribution is 2.18. The molecule has 0 radical (unpaired) electrons. The van der Waals surface area contributed by atoms with E-state index in [-0.39, 0.29) is 30.7 Å². The first kappa shape index (κ1) is 24.7. The fourth-order valence-corrected chi connectivity index (χ4v) is 3.08. The summed E-state index contributed by atoms with van der Waals surface area (Å²) in [5.41, 5.74) is 1.07. The van der Waals surface area contributed by atoms with Crippen LogP contribution in [-0.4, -0.2) is 56.0 Å². The number of hydrogen-bond donors (Lipinski definition) is 2. The van der Waals surface area contributed by atoms with Gasteiger partial charge < -0.3 is 25.0 Å². The lowest BCUT2D eigenvalue weighted by atomic mass is 10.2. The number of likely N-dealkylation sites (N-methyl/N-ethyl adjacent to an activating group) is 1. The number of carbonyl (C=O) groups is 3. The fourth-order valence-electron chi connectivity index (χ4n) is 3.08. The summed E-state index contributed by atoms with van der Waals surface area (Å²) < 4.78 is 10.6. The molecule has 0 aromatic heterocycles. The standard InChI is InChI=1S/C24H31N3O5/c1-4-27(17-22(28)26-18-10-8-11-19(16-18)31-3)23(29)14-9-15-25-24(30)20-12-6-7-13-21(20)32-5-2/h6-8,10-13,16H,4-5,9,14-15,17H2,1-3H3,(H,25,30)(H,26,28). The second kappa shape index (κ2) is 13.0. The lowest BCUT2D eigenvalue weighted by Gasteiger charge is -2.20. The van der Waals surface area contributed by atoms with E-state index >= 15 is 0 Å². The molecule has 3 amide bonds. The van der Waals surface area contributed by atoms with Gasteiger partial charge in [0.25, 0.3) is 5.91 Å². The van der Waals surface area contributed by atoms with Crippen LogP contribution in [0.2, 0.25) is 0 Å². The molecule has 8 heteroatoms. The lowest BCUT2D eigenvalue weighted by molar-refractivity contribution is -0.134. The molecule has 2 rings (SSSR count). The van der Waals surface area contributed by atoms with E-state index in [0.29, 0.717) is 48.9 Å². The number of ether oxygens (including phenoxy) is 2. The van der Waals surface area contributed by atoms with E-state index in [1.165, 1.54) is 4.90 Å². The predicted octanol–water partition coefficient (Wildman–Crippen LogP) is 3.09. The summed E-state index contributed by atoms with van der Waals surface area (Å²) in [4.78, 5) is 38.7. The highest BCUT2D eigenvalue weighted by molar-refractivity contribution is 5.97. The topological polar surface area (TPSA) is 97.0 Å². The molecule has 0 atom stereocenters. The molecule has 2 N–H and O–H groups in total. The normalized spacial score (nSPS) is 10.2. The number of amides is 3. The molecular formula is C24H31N3O5. The summed E-state index contributed by atoms with van der Waals surface area (Å²) >= 11 is 0. The van der Waals surface area contributed by atoms with E-state index in [0.717, 1.165) is 0 Å². The summed E-state index contributed by atoms with van der Waals surface area (Å²) in [6.07, 6.45) is 0.697. The molecule has 2 aromatic rings. The number of para-hydroxylation sites is 1. The zero-order valence-corrected chi connectivity index (χ0v) is 18.8. The molecule has 0 heterocycles. The number of benzene rings is 2. The van der Waals surface area contributed by atoms with Crippen molar-refractivity contribution in [2.45, 2.75) is 26.7 Å². The summed E-state index contributed by atoms with van der Waals surface area (Å²) in [6, 6.07) is 14.1. The maximum absolute atomic E-state index is 12.5. The van der Waals surface area contributed by atoms with Gasteiger partial charge in [-0.2, -0.15) is 0 Å². The Morgan fingerprint density at radius 2 is 1.81 bits per heavy atom. The maximum atomic E-state index is 12.5. The molecule has 0 aliphatic heterocycles. The van der Waals surface area contributed by atoms with Crippen molar-refractivity contribution in [3.8, 4) is 11.5 Å².